The van der Waals surface area contributed by atoms with E-state index in [4.69, 9.17) is 25.8 Å². The number of aromatic nitrogens is 2. The van der Waals surface area contributed by atoms with Crippen LogP contribution in [-0.4, -0.2) is 61.4 Å². The van der Waals surface area contributed by atoms with Gasteiger partial charge in [-0.25, -0.2) is 14.4 Å². The molecule has 1 N–H and O–H groups in total. The molecule has 0 radical (unpaired) electrons. The van der Waals surface area contributed by atoms with Crippen molar-refractivity contribution in [1.82, 2.24) is 14.9 Å². The molecular formula is C25H28ClFN4O3. The first kappa shape index (κ1) is 23.1. The van der Waals surface area contributed by atoms with E-state index in [0.717, 1.165) is 39.3 Å². The van der Waals surface area contributed by atoms with E-state index in [2.05, 4.69) is 20.2 Å². The zero-order valence-electron chi connectivity index (χ0n) is 19.2. The first-order chi connectivity index (χ1) is 16.5. The van der Waals surface area contributed by atoms with Crippen molar-refractivity contribution >= 4 is 34.0 Å². The first-order valence-corrected chi connectivity index (χ1v) is 11.9. The van der Waals surface area contributed by atoms with Crippen molar-refractivity contribution in [3.05, 3.63) is 47.5 Å². The number of hydrogen-bond donors (Lipinski definition) is 1. The molecule has 5 rings (SSSR count). The molecule has 1 spiro atoms. The van der Waals surface area contributed by atoms with E-state index in [0.29, 0.717) is 45.3 Å². The van der Waals surface area contributed by atoms with Gasteiger partial charge in [-0.2, -0.15) is 0 Å². The fraction of sp³-hybridized carbons (Fsp3) is 0.440. The lowest BCUT2D eigenvalue weighted by atomic mass is 9.73. The van der Waals surface area contributed by atoms with Gasteiger partial charge in [-0.1, -0.05) is 11.6 Å². The lowest BCUT2D eigenvalue weighted by Gasteiger charge is -2.52. The molecule has 0 unspecified atom stereocenters. The van der Waals surface area contributed by atoms with Crippen LogP contribution in [0.25, 0.3) is 10.9 Å². The molecule has 0 atom stereocenters. The van der Waals surface area contributed by atoms with Crippen LogP contribution in [0.15, 0.2) is 36.7 Å². The van der Waals surface area contributed by atoms with Crippen LogP contribution in [0.3, 0.4) is 0 Å². The van der Waals surface area contributed by atoms with Gasteiger partial charge in [0.05, 0.1) is 24.9 Å². The Hall–Kier alpha value is -2.68. The number of methoxy groups -OCH3 is 1. The minimum absolute atomic E-state index is 0.239. The van der Waals surface area contributed by atoms with Crippen molar-refractivity contribution in [3.63, 3.8) is 0 Å². The van der Waals surface area contributed by atoms with Gasteiger partial charge >= 0.3 is 0 Å². The molecule has 34 heavy (non-hydrogen) atoms. The third-order valence-corrected chi connectivity index (χ3v) is 6.89. The molecule has 2 fully saturated rings. The van der Waals surface area contributed by atoms with E-state index in [1.54, 1.807) is 13.2 Å². The molecule has 3 heterocycles. The van der Waals surface area contributed by atoms with Gasteiger partial charge in [0.1, 0.15) is 18.0 Å². The summed E-state index contributed by atoms with van der Waals surface area (Å²) in [5, 5.41) is 4.15. The van der Waals surface area contributed by atoms with Crippen LogP contribution >= 0.6 is 11.6 Å². The van der Waals surface area contributed by atoms with E-state index < -0.39 is 5.82 Å². The maximum atomic E-state index is 14.3. The summed E-state index contributed by atoms with van der Waals surface area (Å²) >= 11 is 6.03. The molecule has 0 amide bonds. The van der Waals surface area contributed by atoms with Gasteiger partial charge in [0, 0.05) is 54.7 Å². The molecule has 180 valence electrons. The minimum atomic E-state index is -0.422. The SMILES string of the molecule is COc1cc2ncnc(Nc3cc(Cl)ccc3F)c2cc1OCCCN1CC2(CCOCC2)C1. The molecule has 2 aromatic carbocycles. The summed E-state index contributed by atoms with van der Waals surface area (Å²) < 4.78 is 31.4. The molecule has 0 bridgehead atoms. The average Bonchev–Trinajstić information content (AvgIpc) is 2.83. The number of nitrogens with one attached hydrogen (secondary N) is 1. The number of nitrogens with zero attached hydrogens (tertiary/aromatic N) is 3. The number of rotatable bonds is 8. The molecule has 3 aromatic rings. The molecular weight excluding hydrogens is 459 g/mol. The Labute approximate surface area is 203 Å². The van der Waals surface area contributed by atoms with Crippen LogP contribution in [0.4, 0.5) is 15.9 Å². The third kappa shape index (κ3) is 4.89. The van der Waals surface area contributed by atoms with E-state index >= 15 is 0 Å². The zero-order valence-corrected chi connectivity index (χ0v) is 19.9. The van der Waals surface area contributed by atoms with Crippen molar-refractivity contribution in [2.75, 3.05) is 51.9 Å². The van der Waals surface area contributed by atoms with Gasteiger partial charge in [-0.3, -0.25) is 0 Å². The summed E-state index contributed by atoms with van der Waals surface area (Å²) in [6.45, 7) is 5.66. The molecule has 7 nitrogen and oxygen atoms in total. The smallest absolute Gasteiger partial charge is 0.162 e. The van der Waals surface area contributed by atoms with Crippen molar-refractivity contribution < 1.29 is 18.6 Å². The summed E-state index contributed by atoms with van der Waals surface area (Å²) in [7, 11) is 1.60. The van der Waals surface area contributed by atoms with Crippen molar-refractivity contribution in [3.8, 4) is 11.5 Å². The summed E-state index contributed by atoms with van der Waals surface area (Å²) in [5.74, 6) is 1.23. The number of hydrogen-bond acceptors (Lipinski definition) is 7. The summed E-state index contributed by atoms with van der Waals surface area (Å²) in [4.78, 5) is 11.1. The van der Waals surface area contributed by atoms with Crippen LogP contribution in [0.2, 0.25) is 5.02 Å². The Kier molecular flexibility index (Phi) is 6.72. The van der Waals surface area contributed by atoms with Crippen LogP contribution < -0.4 is 14.8 Å². The van der Waals surface area contributed by atoms with Crippen LogP contribution in [-0.2, 0) is 4.74 Å². The van der Waals surface area contributed by atoms with Gasteiger partial charge in [0.25, 0.3) is 0 Å². The number of anilines is 2. The van der Waals surface area contributed by atoms with Gasteiger partial charge in [0.15, 0.2) is 11.5 Å². The topological polar surface area (TPSA) is 68.7 Å². The van der Waals surface area contributed by atoms with Crippen LogP contribution in [0.5, 0.6) is 11.5 Å². The number of fused-ring (bicyclic) bond motifs is 1. The summed E-state index contributed by atoms with van der Waals surface area (Å²) in [5.41, 5.74) is 1.38. The first-order valence-electron chi connectivity index (χ1n) is 11.5. The van der Waals surface area contributed by atoms with E-state index in [9.17, 15) is 4.39 Å². The zero-order chi connectivity index (χ0) is 23.5. The maximum absolute atomic E-state index is 14.3. The monoisotopic (exact) mass is 486 g/mol. The second-order valence-corrected chi connectivity index (χ2v) is 9.45. The predicted octanol–water partition coefficient (Wildman–Crippen LogP) is 5.06. The standard InChI is InChI=1S/C25H28ClFN4O3/c1-32-22-13-20-18(24(29-16-28-20)30-21-11-17(26)3-4-19(21)27)12-23(22)34-8-2-7-31-14-25(15-31)5-9-33-10-6-25/h3-4,11-13,16H,2,5-10,14-15H2,1H3,(H,28,29,30). The number of benzene rings is 2. The fourth-order valence-corrected chi connectivity index (χ4v) is 4.98. The molecule has 2 aliphatic rings. The van der Waals surface area contributed by atoms with Crippen molar-refractivity contribution in [2.45, 2.75) is 19.3 Å². The lowest BCUT2D eigenvalue weighted by Crippen LogP contribution is -2.58. The van der Waals surface area contributed by atoms with Crippen molar-refractivity contribution in [2.24, 2.45) is 5.41 Å². The second kappa shape index (κ2) is 9.90. The quantitative estimate of drug-likeness (QED) is 0.446. The highest BCUT2D eigenvalue weighted by Gasteiger charge is 2.43. The van der Waals surface area contributed by atoms with Gasteiger partial charge in [0.2, 0.25) is 0 Å². The maximum Gasteiger partial charge on any atom is 0.162 e. The van der Waals surface area contributed by atoms with E-state index in [-0.39, 0.29) is 5.69 Å². The highest BCUT2D eigenvalue weighted by molar-refractivity contribution is 6.30. The second-order valence-electron chi connectivity index (χ2n) is 9.02. The highest BCUT2D eigenvalue weighted by atomic mass is 35.5. The fourth-order valence-electron chi connectivity index (χ4n) is 4.81. The van der Waals surface area contributed by atoms with E-state index in [1.807, 2.05) is 6.07 Å². The number of likely N-dealkylation sites (tertiary alicyclic amines) is 1. The number of halogens is 2. The van der Waals surface area contributed by atoms with Crippen LogP contribution in [0.1, 0.15) is 19.3 Å². The summed E-state index contributed by atoms with van der Waals surface area (Å²) in [6, 6.07) is 7.97. The molecule has 0 saturated carbocycles. The molecule has 0 aliphatic carbocycles. The number of ether oxygens (including phenoxy) is 3. The average molecular weight is 487 g/mol. The van der Waals surface area contributed by atoms with Gasteiger partial charge < -0.3 is 24.4 Å². The van der Waals surface area contributed by atoms with Gasteiger partial charge in [-0.15, -0.1) is 0 Å². The lowest BCUT2D eigenvalue weighted by molar-refractivity contribution is -0.0811. The van der Waals surface area contributed by atoms with E-state index in [1.165, 1.54) is 37.4 Å². The van der Waals surface area contributed by atoms with Crippen LogP contribution in [0, 0.1) is 11.2 Å². The molecule has 2 aliphatic heterocycles. The highest BCUT2D eigenvalue weighted by Crippen LogP contribution is 2.40. The molecule has 9 heteroatoms. The molecule has 2 saturated heterocycles. The Morgan fingerprint density at radius 2 is 1.97 bits per heavy atom. The third-order valence-electron chi connectivity index (χ3n) is 6.65. The summed E-state index contributed by atoms with van der Waals surface area (Å²) in [6.07, 6.45) is 4.68. The normalized spacial score (nSPS) is 17.5. The predicted molar refractivity (Wildman–Crippen MR) is 130 cm³/mol. The van der Waals surface area contributed by atoms with Gasteiger partial charge in [-0.05, 0) is 43.5 Å². The largest absolute Gasteiger partial charge is 0.493 e. The van der Waals surface area contributed by atoms with Crippen molar-refractivity contribution in [1.29, 1.82) is 0 Å². The molecule has 1 aromatic heterocycles. The Bertz CT molecular complexity index is 1160. The Morgan fingerprint density at radius 3 is 2.76 bits per heavy atom. The Balaban J connectivity index is 1.25. The Morgan fingerprint density at radius 1 is 1.15 bits per heavy atom. The minimum Gasteiger partial charge on any atom is -0.493 e.